The smallest absolute Gasteiger partial charge is 0.193 e. The standard InChI is InChI=1S/C15H20N4S.HI/c1-19(2)13(14-9-6-10-20-14)11-17-15(16)18-12-7-4-3-5-8-12;/h3-10,13H,11H2,1-2H3,(H3,16,17,18);1H. The van der Waals surface area contributed by atoms with Gasteiger partial charge < -0.3 is 16.0 Å². The van der Waals surface area contributed by atoms with E-state index in [1.165, 1.54) is 4.88 Å². The lowest BCUT2D eigenvalue weighted by atomic mass is 10.2. The number of hydrogen-bond acceptors (Lipinski definition) is 3. The first kappa shape index (κ1) is 17.9. The maximum Gasteiger partial charge on any atom is 0.193 e. The number of para-hydroxylation sites is 1. The third kappa shape index (κ3) is 5.64. The van der Waals surface area contributed by atoms with Crippen LogP contribution in [0.25, 0.3) is 0 Å². The van der Waals surface area contributed by atoms with Gasteiger partial charge in [-0.05, 0) is 37.7 Å². The Balaban J connectivity index is 0.00000220. The van der Waals surface area contributed by atoms with Crippen LogP contribution in [0.1, 0.15) is 10.9 Å². The molecular weight excluding hydrogens is 395 g/mol. The SMILES string of the molecule is CN(C)C(CN=C(N)Nc1ccccc1)c1cccs1.I. The summed E-state index contributed by atoms with van der Waals surface area (Å²) < 4.78 is 0. The summed E-state index contributed by atoms with van der Waals surface area (Å²) in [5.41, 5.74) is 6.88. The Bertz CT molecular complexity index is 540. The Morgan fingerprint density at radius 3 is 2.52 bits per heavy atom. The summed E-state index contributed by atoms with van der Waals surface area (Å²) in [7, 11) is 4.11. The highest BCUT2D eigenvalue weighted by atomic mass is 127. The third-order valence-corrected chi connectivity index (χ3v) is 3.95. The number of nitrogens with two attached hydrogens (primary N) is 1. The molecule has 1 aromatic heterocycles. The summed E-state index contributed by atoms with van der Waals surface area (Å²) in [6, 6.07) is 14.3. The van der Waals surface area contributed by atoms with Gasteiger partial charge in [-0.1, -0.05) is 24.3 Å². The van der Waals surface area contributed by atoms with Gasteiger partial charge in [-0.25, -0.2) is 0 Å². The highest BCUT2D eigenvalue weighted by Crippen LogP contribution is 2.23. The predicted molar refractivity (Wildman–Crippen MR) is 103 cm³/mol. The quantitative estimate of drug-likeness (QED) is 0.446. The van der Waals surface area contributed by atoms with Crippen molar-refractivity contribution in [1.29, 1.82) is 0 Å². The molecule has 114 valence electrons. The van der Waals surface area contributed by atoms with E-state index in [2.05, 4.69) is 46.8 Å². The van der Waals surface area contributed by atoms with Gasteiger partial charge in [0.25, 0.3) is 0 Å². The number of thiophene rings is 1. The fraction of sp³-hybridized carbons (Fsp3) is 0.267. The number of hydrogen-bond donors (Lipinski definition) is 2. The molecule has 0 saturated heterocycles. The molecule has 1 heterocycles. The lowest BCUT2D eigenvalue weighted by molar-refractivity contribution is 0.311. The molecule has 0 amide bonds. The summed E-state index contributed by atoms with van der Waals surface area (Å²) in [6.07, 6.45) is 0. The average Bonchev–Trinajstić information content (AvgIpc) is 2.93. The third-order valence-electron chi connectivity index (χ3n) is 2.98. The minimum absolute atomic E-state index is 0. The first-order valence-corrected chi connectivity index (χ1v) is 7.36. The van der Waals surface area contributed by atoms with Gasteiger partial charge in [0.1, 0.15) is 0 Å². The molecule has 0 radical (unpaired) electrons. The highest BCUT2D eigenvalue weighted by molar-refractivity contribution is 14.0. The summed E-state index contributed by atoms with van der Waals surface area (Å²) in [6.45, 7) is 0.638. The highest BCUT2D eigenvalue weighted by Gasteiger charge is 2.14. The van der Waals surface area contributed by atoms with Gasteiger partial charge in [0, 0.05) is 10.6 Å². The van der Waals surface area contributed by atoms with E-state index < -0.39 is 0 Å². The summed E-state index contributed by atoms with van der Waals surface area (Å²) >= 11 is 1.74. The predicted octanol–water partition coefficient (Wildman–Crippen LogP) is 3.40. The van der Waals surface area contributed by atoms with E-state index in [9.17, 15) is 0 Å². The number of nitrogens with one attached hydrogen (secondary N) is 1. The van der Waals surface area contributed by atoms with Gasteiger partial charge in [-0.15, -0.1) is 35.3 Å². The molecule has 0 saturated carbocycles. The first-order valence-electron chi connectivity index (χ1n) is 6.48. The second-order valence-corrected chi connectivity index (χ2v) is 5.69. The van der Waals surface area contributed by atoms with Gasteiger partial charge >= 0.3 is 0 Å². The van der Waals surface area contributed by atoms with Gasteiger partial charge in [-0.2, -0.15) is 0 Å². The fourth-order valence-corrected chi connectivity index (χ4v) is 2.80. The van der Waals surface area contributed by atoms with Crippen LogP contribution in [0.5, 0.6) is 0 Å². The van der Waals surface area contributed by atoms with Crippen LogP contribution in [0.2, 0.25) is 0 Å². The Hall–Kier alpha value is -1.12. The van der Waals surface area contributed by atoms with Crippen molar-refractivity contribution in [2.24, 2.45) is 10.7 Å². The molecule has 2 aromatic rings. The minimum Gasteiger partial charge on any atom is -0.370 e. The van der Waals surface area contributed by atoms with Gasteiger partial charge in [0.15, 0.2) is 5.96 Å². The van der Waals surface area contributed by atoms with Gasteiger partial charge in [0.05, 0.1) is 12.6 Å². The molecule has 0 aliphatic carbocycles. The van der Waals surface area contributed by atoms with Crippen molar-refractivity contribution in [3.8, 4) is 0 Å². The van der Waals surface area contributed by atoms with E-state index in [0.717, 1.165) is 5.69 Å². The Morgan fingerprint density at radius 2 is 1.95 bits per heavy atom. The molecule has 4 nitrogen and oxygen atoms in total. The fourth-order valence-electron chi connectivity index (χ4n) is 1.88. The van der Waals surface area contributed by atoms with E-state index in [-0.39, 0.29) is 30.0 Å². The van der Waals surface area contributed by atoms with Crippen molar-refractivity contribution < 1.29 is 0 Å². The average molecular weight is 416 g/mol. The van der Waals surface area contributed by atoms with Crippen LogP contribution in [0.4, 0.5) is 5.69 Å². The number of rotatable bonds is 5. The Kier molecular flexibility index (Phi) is 7.69. The molecule has 6 heteroatoms. The van der Waals surface area contributed by atoms with E-state index in [1.54, 1.807) is 11.3 Å². The molecule has 21 heavy (non-hydrogen) atoms. The molecule has 0 spiro atoms. The van der Waals surface area contributed by atoms with Crippen LogP contribution in [0.15, 0.2) is 52.8 Å². The maximum absolute atomic E-state index is 5.93. The number of anilines is 1. The molecule has 1 aromatic carbocycles. The summed E-state index contributed by atoms with van der Waals surface area (Å²) in [4.78, 5) is 7.90. The van der Waals surface area contributed by atoms with Crippen molar-refractivity contribution in [3.05, 3.63) is 52.7 Å². The molecule has 1 unspecified atom stereocenters. The van der Waals surface area contributed by atoms with Gasteiger partial charge in [-0.3, -0.25) is 4.99 Å². The van der Waals surface area contributed by atoms with Crippen molar-refractivity contribution in [1.82, 2.24) is 4.90 Å². The topological polar surface area (TPSA) is 53.6 Å². The molecule has 1 atom stereocenters. The molecule has 2 rings (SSSR count). The second-order valence-electron chi connectivity index (χ2n) is 4.71. The molecule has 0 bridgehead atoms. The number of aliphatic imine (C=N–C) groups is 1. The second kappa shape index (κ2) is 9.01. The molecule has 0 aliphatic rings. The van der Waals surface area contributed by atoms with E-state index >= 15 is 0 Å². The van der Waals surface area contributed by atoms with Crippen LogP contribution in [0, 0.1) is 0 Å². The summed E-state index contributed by atoms with van der Waals surface area (Å²) in [5.74, 6) is 0.444. The lowest BCUT2D eigenvalue weighted by Crippen LogP contribution is -2.26. The Morgan fingerprint density at radius 1 is 1.24 bits per heavy atom. The largest absolute Gasteiger partial charge is 0.370 e. The number of halogens is 1. The van der Waals surface area contributed by atoms with Crippen molar-refractivity contribution >= 4 is 47.0 Å². The van der Waals surface area contributed by atoms with E-state index in [4.69, 9.17) is 5.73 Å². The van der Waals surface area contributed by atoms with E-state index in [1.807, 2.05) is 30.3 Å². The lowest BCUT2D eigenvalue weighted by Gasteiger charge is -2.21. The van der Waals surface area contributed by atoms with Crippen molar-refractivity contribution in [3.63, 3.8) is 0 Å². The molecule has 0 fully saturated rings. The maximum atomic E-state index is 5.93. The zero-order valence-corrected chi connectivity index (χ0v) is 15.3. The van der Waals surface area contributed by atoms with Crippen molar-refractivity contribution in [2.45, 2.75) is 6.04 Å². The molecule has 0 aliphatic heterocycles. The molecular formula is C15H21IN4S. The van der Waals surface area contributed by atoms with Crippen LogP contribution in [-0.4, -0.2) is 31.5 Å². The first-order chi connectivity index (χ1) is 9.66. The van der Waals surface area contributed by atoms with Gasteiger partial charge in [0.2, 0.25) is 0 Å². The number of likely N-dealkylation sites (N-methyl/N-ethyl adjacent to an activating group) is 1. The Labute approximate surface area is 147 Å². The van der Waals surface area contributed by atoms with Crippen LogP contribution < -0.4 is 11.1 Å². The van der Waals surface area contributed by atoms with Crippen molar-refractivity contribution in [2.75, 3.05) is 26.0 Å². The molecule has 3 N–H and O–H groups in total. The number of guanidine groups is 1. The normalized spacial score (nSPS) is 12.8. The minimum atomic E-state index is 0. The zero-order chi connectivity index (χ0) is 14.4. The number of benzene rings is 1. The monoisotopic (exact) mass is 416 g/mol. The number of nitrogens with zero attached hydrogens (tertiary/aromatic N) is 2. The zero-order valence-electron chi connectivity index (χ0n) is 12.2. The summed E-state index contributed by atoms with van der Waals surface area (Å²) in [5, 5.41) is 5.18. The van der Waals surface area contributed by atoms with Crippen LogP contribution in [0.3, 0.4) is 0 Å². The van der Waals surface area contributed by atoms with Crippen LogP contribution >= 0.6 is 35.3 Å². The van der Waals surface area contributed by atoms with Crippen LogP contribution in [-0.2, 0) is 0 Å². The van der Waals surface area contributed by atoms with E-state index in [0.29, 0.717) is 12.5 Å².